The fourth-order valence-electron chi connectivity index (χ4n) is 3.10. The minimum Gasteiger partial charge on any atom is -0.486 e. The van der Waals surface area contributed by atoms with E-state index >= 15 is 0 Å². The zero-order valence-electron chi connectivity index (χ0n) is 18.1. The van der Waals surface area contributed by atoms with Gasteiger partial charge in [0.05, 0.1) is 28.0 Å². The number of amides is 1. The van der Waals surface area contributed by atoms with Crippen LogP contribution in [0.2, 0.25) is 15.1 Å². The third kappa shape index (κ3) is 7.15. The fourth-order valence-corrected chi connectivity index (χ4v) is 5.04. The zero-order chi connectivity index (χ0) is 24.8. The number of nitrogens with one attached hydrogen (secondary N) is 1. The van der Waals surface area contributed by atoms with Gasteiger partial charge in [0, 0.05) is 9.50 Å². The number of rotatable bonds is 9. The Morgan fingerprint density at radius 1 is 1.00 bits per heavy atom. The van der Waals surface area contributed by atoms with E-state index in [4.69, 9.17) is 39.5 Å². The van der Waals surface area contributed by atoms with E-state index in [1.165, 1.54) is 23.9 Å². The van der Waals surface area contributed by atoms with E-state index in [0.717, 1.165) is 10.0 Å². The molecule has 0 aliphatic carbocycles. The number of anilines is 1. The number of carbonyl (C=O) groups excluding carboxylic acids is 1. The molecule has 0 unspecified atom stereocenters. The van der Waals surface area contributed by atoms with Crippen LogP contribution in [0.4, 0.5) is 5.69 Å². The maximum Gasteiger partial charge on any atom is 0.234 e. The number of aromatic nitrogens is 3. The highest BCUT2D eigenvalue weighted by atomic mass is 79.9. The topological polar surface area (TPSA) is 69.0 Å². The summed E-state index contributed by atoms with van der Waals surface area (Å²) in [7, 11) is 0. The molecule has 1 heterocycles. The maximum absolute atomic E-state index is 12.6. The number of benzene rings is 3. The number of carbonyl (C=O) groups is 1. The van der Waals surface area contributed by atoms with Gasteiger partial charge in [0.15, 0.2) is 11.0 Å². The summed E-state index contributed by atoms with van der Waals surface area (Å²) in [6.45, 7) is 0.760. The quantitative estimate of drug-likeness (QED) is 0.200. The van der Waals surface area contributed by atoms with Crippen molar-refractivity contribution in [3.63, 3.8) is 0 Å². The Morgan fingerprint density at radius 3 is 2.37 bits per heavy atom. The van der Waals surface area contributed by atoms with Crippen molar-refractivity contribution in [2.75, 3.05) is 11.1 Å². The molecule has 6 nitrogen and oxygen atoms in total. The van der Waals surface area contributed by atoms with Crippen molar-refractivity contribution in [3.8, 4) is 5.75 Å². The van der Waals surface area contributed by atoms with Crippen molar-refractivity contribution in [3.05, 3.63) is 97.7 Å². The summed E-state index contributed by atoms with van der Waals surface area (Å²) < 4.78 is 8.81. The molecule has 1 amide bonds. The molecule has 0 spiro atoms. The van der Waals surface area contributed by atoms with Gasteiger partial charge in [-0.1, -0.05) is 92.8 Å². The molecular weight excluding hydrogens is 595 g/mol. The Morgan fingerprint density at radius 2 is 1.69 bits per heavy atom. The van der Waals surface area contributed by atoms with Gasteiger partial charge in [-0.15, -0.1) is 10.2 Å². The van der Waals surface area contributed by atoms with Gasteiger partial charge in [-0.2, -0.15) is 0 Å². The Bertz CT molecular complexity index is 1300. The van der Waals surface area contributed by atoms with Gasteiger partial charge in [-0.05, 0) is 42.0 Å². The largest absolute Gasteiger partial charge is 0.486 e. The molecule has 1 aromatic heterocycles. The molecule has 180 valence electrons. The summed E-state index contributed by atoms with van der Waals surface area (Å²) in [5.41, 5.74) is 1.39. The van der Waals surface area contributed by atoms with Crippen LogP contribution in [0.1, 0.15) is 11.4 Å². The van der Waals surface area contributed by atoms with Crippen molar-refractivity contribution in [1.82, 2.24) is 14.8 Å². The van der Waals surface area contributed by atoms with Crippen molar-refractivity contribution >= 4 is 74.1 Å². The van der Waals surface area contributed by atoms with E-state index in [2.05, 4.69) is 31.4 Å². The first-order chi connectivity index (χ1) is 16.9. The normalized spacial score (nSPS) is 10.9. The molecule has 4 aromatic rings. The number of hydrogen-bond donors (Lipinski definition) is 1. The predicted octanol–water partition coefficient (Wildman–Crippen LogP) is 7.36. The average Bonchev–Trinajstić information content (AvgIpc) is 3.21. The lowest BCUT2D eigenvalue weighted by Crippen LogP contribution is -2.16. The molecule has 11 heteroatoms. The van der Waals surface area contributed by atoms with Crippen molar-refractivity contribution < 1.29 is 9.53 Å². The molecule has 3 aromatic carbocycles. The second kappa shape index (κ2) is 12.1. The molecule has 0 aliphatic rings. The van der Waals surface area contributed by atoms with Gasteiger partial charge in [0.1, 0.15) is 12.4 Å². The van der Waals surface area contributed by atoms with E-state index in [-0.39, 0.29) is 28.3 Å². The molecular formula is C24H18BrCl3N4O2S. The lowest BCUT2D eigenvalue weighted by Gasteiger charge is -2.12. The Balaban J connectivity index is 1.48. The third-order valence-electron chi connectivity index (χ3n) is 4.76. The summed E-state index contributed by atoms with van der Waals surface area (Å²) in [5.74, 6) is 1.15. The first-order valence-electron chi connectivity index (χ1n) is 10.3. The number of nitrogens with zero attached hydrogens (tertiary/aromatic N) is 3. The van der Waals surface area contributed by atoms with Crippen LogP contribution in [0.25, 0.3) is 0 Å². The lowest BCUT2D eigenvalue weighted by atomic mass is 10.2. The Kier molecular flexibility index (Phi) is 8.97. The smallest absolute Gasteiger partial charge is 0.234 e. The van der Waals surface area contributed by atoms with Crippen LogP contribution in [-0.2, 0) is 17.9 Å². The standard InChI is InChI=1S/C24H18BrCl3N4O2S/c25-16-6-8-18(9-7-16)34-13-21-30-31-24(32(21)12-15-4-2-1-3-5-15)35-14-22(33)29-23-19(27)10-17(26)11-20(23)28/h1-11H,12-14H2,(H,29,33). The highest BCUT2D eigenvalue weighted by Gasteiger charge is 2.17. The predicted molar refractivity (Wildman–Crippen MR) is 145 cm³/mol. The van der Waals surface area contributed by atoms with Crippen molar-refractivity contribution in [2.24, 2.45) is 0 Å². The van der Waals surface area contributed by atoms with Crippen LogP contribution in [0, 0.1) is 0 Å². The number of hydrogen-bond acceptors (Lipinski definition) is 5. The third-order valence-corrected chi connectivity index (χ3v) is 7.07. The van der Waals surface area contributed by atoms with Crippen molar-refractivity contribution in [1.29, 1.82) is 0 Å². The Labute approximate surface area is 230 Å². The molecule has 0 saturated heterocycles. The highest BCUT2D eigenvalue weighted by molar-refractivity contribution is 9.10. The van der Waals surface area contributed by atoms with Crippen LogP contribution >= 0.6 is 62.5 Å². The maximum atomic E-state index is 12.6. The summed E-state index contributed by atoms with van der Waals surface area (Å²) in [6.07, 6.45) is 0. The number of ether oxygens (including phenoxy) is 1. The van der Waals surface area contributed by atoms with Gasteiger partial charge in [0.25, 0.3) is 0 Å². The lowest BCUT2D eigenvalue weighted by molar-refractivity contribution is -0.113. The molecule has 0 radical (unpaired) electrons. The summed E-state index contributed by atoms with van der Waals surface area (Å²) in [5, 5.41) is 12.9. The number of thioether (sulfide) groups is 1. The summed E-state index contributed by atoms with van der Waals surface area (Å²) in [4.78, 5) is 12.6. The van der Waals surface area contributed by atoms with Gasteiger partial charge in [0.2, 0.25) is 5.91 Å². The van der Waals surface area contributed by atoms with Gasteiger partial charge in [-0.25, -0.2) is 0 Å². The van der Waals surface area contributed by atoms with E-state index in [1.54, 1.807) is 0 Å². The van der Waals surface area contributed by atoms with Crippen LogP contribution in [-0.4, -0.2) is 26.4 Å². The van der Waals surface area contributed by atoms with E-state index < -0.39 is 0 Å². The van der Waals surface area contributed by atoms with Crippen LogP contribution in [0.5, 0.6) is 5.75 Å². The SMILES string of the molecule is O=C(CSc1nnc(COc2ccc(Br)cc2)n1Cc1ccccc1)Nc1c(Cl)cc(Cl)cc1Cl. The van der Waals surface area contributed by atoms with Gasteiger partial charge in [-0.3, -0.25) is 9.36 Å². The molecule has 0 atom stereocenters. The fraction of sp³-hybridized carbons (Fsp3) is 0.125. The monoisotopic (exact) mass is 610 g/mol. The molecule has 0 aliphatic heterocycles. The molecule has 0 fully saturated rings. The van der Waals surface area contributed by atoms with Gasteiger partial charge < -0.3 is 10.1 Å². The minimum absolute atomic E-state index is 0.0791. The van der Waals surface area contributed by atoms with E-state index in [0.29, 0.717) is 34.0 Å². The van der Waals surface area contributed by atoms with E-state index in [9.17, 15) is 4.79 Å². The molecule has 1 N–H and O–H groups in total. The average molecular weight is 613 g/mol. The van der Waals surface area contributed by atoms with Crippen molar-refractivity contribution in [2.45, 2.75) is 18.3 Å². The van der Waals surface area contributed by atoms with Crippen LogP contribution in [0.3, 0.4) is 0 Å². The Hall–Kier alpha value is -2.23. The molecule has 0 bridgehead atoms. The summed E-state index contributed by atoms with van der Waals surface area (Å²) >= 11 is 23.0. The second-order valence-corrected chi connectivity index (χ2v) is 10.4. The summed E-state index contributed by atoms with van der Waals surface area (Å²) in [6, 6.07) is 20.5. The minimum atomic E-state index is -0.289. The van der Waals surface area contributed by atoms with Gasteiger partial charge >= 0.3 is 0 Å². The number of halogens is 4. The second-order valence-electron chi connectivity index (χ2n) is 7.29. The first kappa shape index (κ1) is 25.9. The zero-order valence-corrected chi connectivity index (χ0v) is 22.7. The molecule has 35 heavy (non-hydrogen) atoms. The molecule has 4 rings (SSSR count). The highest BCUT2D eigenvalue weighted by Crippen LogP contribution is 2.34. The van der Waals surface area contributed by atoms with Crippen LogP contribution in [0.15, 0.2) is 76.4 Å². The first-order valence-corrected chi connectivity index (χ1v) is 13.2. The van der Waals surface area contributed by atoms with Crippen LogP contribution < -0.4 is 10.1 Å². The van der Waals surface area contributed by atoms with E-state index in [1.807, 2.05) is 59.2 Å². The molecule has 0 saturated carbocycles.